The van der Waals surface area contributed by atoms with Gasteiger partial charge in [0.05, 0.1) is 3.79 Å². The number of rotatable bonds is 8. The molecule has 152 valence electrons. The molecule has 8 heteroatoms. The molecule has 5 nitrogen and oxygen atoms in total. The molecular weight excluding hydrogens is 460 g/mol. The van der Waals surface area contributed by atoms with E-state index in [1.165, 1.54) is 16.9 Å². The van der Waals surface area contributed by atoms with Crippen molar-refractivity contribution in [1.82, 2.24) is 10.0 Å². The Bertz CT molecular complexity index is 876. The van der Waals surface area contributed by atoms with E-state index in [1.807, 2.05) is 18.2 Å². The molecule has 1 aromatic heterocycles. The predicted octanol–water partition coefficient (Wildman–Crippen LogP) is 3.95. The first-order valence-electron chi connectivity index (χ1n) is 9.50. The molecule has 0 radical (unpaired) electrons. The molecule has 1 amide bonds. The molecule has 1 fully saturated rings. The second kappa shape index (κ2) is 10.0. The molecule has 0 bridgehead atoms. The van der Waals surface area contributed by atoms with E-state index in [0.717, 1.165) is 35.9 Å². The Morgan fingerprint density at radius 1 is 1.07 bits per heavy atom. The molecule has 2 aromatic rings. The van der Waals surface area contributed by atoms with Gasteiger partial charge < -0.3 is 5.32 Å². The largest absolute Gasteiger partial charge is 0.356 e. The summed E-state index contributed by atoms with van der Waals surface area (Å²) in [5.74, 6) is 0.446. The fraction of sp³-hybridized carbons (Fsp3) is 0.450. The van der Waals surface area contributed by atoms with Crippen molar-refractivity contribution >= 4 is 43.2 Å². The fourth-order valence-electron chi connectivity index (χ4n) is 3.49. The molecule has 3 rings (SSSR count). The lowest BCUT2D eigenvalue weighted by Crippen LogP contribution is -2.36. The smallest absolute Gasteiger partial charge is 0.250 e. The zero-order valence-corrected chi connectivity index (χ0v) is 18.8. The Labute approximate surface area is 179 Å². The molecule has 0 saturated heterocycles. The third-order valence-electron chi connectivity index (χ3n) is 5.15. The molecule has 1 heterocycles. The predicted molar refractivity (Wildman–Crippen MR) is 116 cm³/mol. The van der Waals surface area contributed by atoms with E-state index in [4.69, 9.17) is 0 Å². The molecule has 0 unspecified atom stereocenters. The minimum atomic E-state index is -3.45. The highest BCUT2D eigenvalue weighted by Crippen LogP contribution is 2.30. The van der Waals surface area contributed by atoms with Crippen LogP contribution in [-0.2, 0) is 21.2 Å². The third-order valence-corrected chi connectivity index (χ3v) is 8.69. The summed E-state index contributed by atoms with van der Waals surface area (Å²) in [7, 11) is -3.45. The van der Waals surface area contributed by atoms with Gasteiger partial charge in [0.25, 0.3) is 0 Å². The first-order chi connectivity index (χ1) is 13.4. The molecule has 0 atom stereocenters. The van der Waals surface area contributed by atoms with Crippen LogP contribution in [0.3, 0.4) is 0 Å². The van der Waals surface area contributed by atoms with Gasteiger partial charge in [-0.2, -0.15) is 0 Å². The van der Waals surface area contributed by atoms with Gasteiger partial charge in [-0.05, 0) is 71.6 Å². The van der Waals surface area contributed by atoms with Crippen LogP contribution >= 0.6 is 27.3 Å². The summed E-state index contributed by atoms with van der Waals surface area (Å²) in [5.41, 5.74) is 1.22. The summed E-state index contributed by atoms with van der Waals surface area (Å²) in [6.45, 7) is 1.08. The van der Waals surface area contributed by atoms with E-state index < -0.39 is 10.0 Å². The number of thiophene rings is 1. The van der Waals surface area contributed by atoms with Gasteiger partial charge in [0.2, 0.25) is 15.9 Å². The number of amides is 1. The summed E-state index contributed by atoms with van der Waals surface area (Å²) < 4.78 is 28.5. The second-order valence-corrected chi connectivity index (χ2v) is 11.6. The van der Waals surface area contributed by atoms with E-state index in [2.05, 4.69) is 38.1 Å². The van der Waals surface area contributed by atoms with Crippen LogP contribution in [0.4, 0.5) is 0 Å². The number of carbonyl (C=O) groups is 1. The Morgan fingerprint density at radius 2 is 1.79 bits per heavy atom. The van der Waals surface area contributed by atoms with E-state index in [0.29, 0.717) is 17.3 Å². The Morgan fingerprint density at radius 3 is 2.43 bits per heavy atom. The highest BCUT2D eigenvalue weighted by Gasteiger charge is 2.27. The number of halogens is 1. The molecule has 28 heavy (non-hydrogen) atoms. The molecule has 1 aromatic carbocycles. The van der Waals surface area contributed by atoms with Gasteiger partial charge in [-0.3, -0.25) is 4.79 Å². The SMILES string of the molecule is O=C(NCCc1ccccc1)C1CCC(CNS(=O)(=O)c2ccc(Br)s2)CC1. The lowest BCUT2D eigenvalue weighted by atomic mass is 9.81. The van der Waals surface area contributed by atoms with Gasteiger partial charge in [-0.1, -0.05) is 30.3 Å². The number of benzene rings is 1. The molecule has 0 aliphatic heterocycles. The topological polar surface area (TPSA) is 75.3 Å². The van der Waals surface area contributed by atoms with Crippen molar-refractivity contribution in [3.8, 4) is 0 Å². The van der Waals surface area contributed by atoms with Crippen LogP contribution in [0.25, 0.3) is 0 Å². The molecule has 2 N–H and O–H groups in total. The summed E-state index contributed by atoms with van der Waals surface area (Å²) in [6.07, 6.45) is 4.20. The van der Waals surface area contributed by atoms with Crippen LogP contribution in [0.2, 0.25) is 0 Å². The molecule has 1 aliphatic rings. The standard InChI is InChI=1S/C20H25BrN2O3S2/c21-18-10-11-19(27-18)28(25,26)23-14-16-6-8-17(9-7-16)20(24)22-13-12-15-4-2-1-3-5-15/h1-5,10-11,16-17,23H,6-9,12-14H2,(H,22,24). The maximum Gasteiger partial charge on any atom is 0.250 e. The number of sulfonamides is 1. The Kier molecular flexibility index (Phi) is 7.68. The lowest BCUT2D eigenvalue weighted by molar-refractivity contribution is -0.126. The fourth-order valence-corrected chi connectivity index (χ4v) is 6.66. The second-order valence-electron chi connectivity index (χ2n) is 7.15. The van der Waals surface area contributed by atoms with Crippen molar-refractivity contribution in [2.75, 3.05) is 13.1 Å². The van der Waals surface area contributed by atoms with Crippen LogP contribution in [0.15, 0.2) is 50.5 Å². The Hall–Kier alpha value is -1.22. The number of hydrogen-bond acceptors (Lipinski definition) is 4. The zero-order valence-electron chi connectivity index (χ0n) is 15.6. The number of carbonyl (C=O) groups excluding carboxylic acids is 1. The first-order valence-corrected chi connectivity index (χ1v) is 12.6. The van der Waals surface area contributed by atoms with Gasteiger partial charge >= 0.3 is 0 Å². The van der Waals surface area contributed by atoms with Gasteiger partial charge in [-0.15, -0.1) is 11.3 Å². The normalized spacial score (nSPS) is 20.0. The van der Waals surface area contributed by atoms with Crippen molar-refractivity contribution < 1.29 is 13.2 Å². The molecule has 1 aliphatic carbocycles. The van der Waals surface area contributed by atoms with Crippen molar-refractivity contribution in [2.24, 2.45) is 11.8 Å². The van der Waals surface area contributed by atoms with Gasteiger partial charge in [0.1, 0.15) is 4.21 Å². The summed E-state index contributed by atoms with van der Waals surface area (Å²) >= 11 is 4.50. The van der Waals surface area contributed by atoms with Crippen LogP contribution in [-0.4, -0.2) is 27.4 Å². The van der Waals surface area contributed by atoms with Gasteiger partial charge in [0, 0.05) is 19.0 Å². The van der Waals surface area contributed by atoms with Crippen LogP contribution < -0.4 is 10.0 Å². The summed E-state index contributed by atoms with van der Waals surface area (Å²) in [6, 6.07) is 13.5. The van der Waals surface area contributed by atoms with E-state index >= 15 is 0 Å². The Balaban J connectivity index is 1.37. The van der Waals surface area contributed by atoms with Gasteiger partial charge in [-0.25, -0.2) is 13.1 Å². The van der Waals surface area contributed by atoms with E-state index in [-0.39, 0.29) is 17.7 Å². The molecular formula is C20H25BrN2O3S2. The molecule has 1 saturated carbocycles. The number of hydrogen-bond donors (Lipinski definition) is 2. The summed E-state index contributed by atoms with van der Waals surface area (Å²) in [4.78, 5) is 12.4. The maximum absolute atomic E-state index is 12.4. The zero-order chi connectivity index (χ0) is 20.0. The van der Waals surface area contributed by atoms with Crippen molar-refractivity contribution in [2.45, 2.75) is 36.3 Å². The number of nitrogens with one attached hydrogen (secondary N) is 2. The monoisotopic (exact) mass is 484 g/mol. The van der Waals surface area contributed by atoms with E-state index in [9.17, 15) is 13.2 Å². The van der Waals surface area contributed by atoms with Crippen molar-refractivity contribution in [1.29, 1.82) is 0 Å². The summed E-state index contributed by atoms with van der Waals surface area (Å²) in [5, 5.41) is 3.04. The highest BCUT2D eigenvalue weighted by atomic mass is 79.9. The van der Waals surface area contributed by atoms with Crippen LogP contribution in [0.5, 0.6) is 0 Å². The maximum atomic E-state index is 12.4. The average Bonchev–Trinajstić information content (AvgIpc) is 3.15. The minimum Gasteiger partial charge on any atom is -0.356 e. The highest BCUT2D eigenvalue weighted by molar-refractivity contribution is 9.11. The van der Waals surface area contributed by atoms with Crippen LogP contribution in [0, 0.1) is 11.8 Å². The first kappa shape index (κ1) is 21.5. The van der Waals surface area contributed by atoms with Crippen LogP contribution in [0.1, 0.15) is 31.2 Å². The van der Waals surface area contributed by atoms with Gasteiger partial charge in [0.15, 0.2) is 0 Å². The van der Waals surface area contributed by atoms with E-state index in [1.54, 1.807) is 12.1 Å². The van der Waals surface area contributed by atoms with Crippen molar-refractivity contribution in [3.63, 3.8) is 0 Å². The molecule has 0 spiro atoms. The quantitative estimate of drug-likeness (QED) is 0.595. The third kappa shape index (κ3) is 6.14. The van der Waals surface area contributed by atoms with Crippen molar-refractivity contribution in [3.05, 3.63) is 51.8 Å². The average molecular weight is 485 g/mol. The minimum absolute atomic E-state index is 0.0388. The lowest BCUT2D eigenvalue weighted by Gasteiger charge is -2.27.